The Kier molecular flexibility index (Phi) is 9.42. The van der Waals surface area contributed by atoms with Crippen LogP contribution in [0.3, 0.4) is 0 Å². The first-order valence-corrected chi connectivity index (χ1v) is 15.4. The average molecular weight is 645 g/mol. The summed E-state index contributed by atoms with van der Waals surface area (Å²) in [6, 6.07) is 8.49. The van der Waals surface area contributed by atoms with Crippen molar-refractivity contribution in [2.45, 2.75) is 71.5 Å². The summed E-state index contributed by atoms with van der Waals surface area (Å²) in [6.45, 7) is 6.24. The molecular weight excluding hydrogens is 604 g/mol. The maximum atomic E-state index is 13.6. The molecule has 2 aromatic carbocycles. The Balaban J connectivity index is 1.49. The minimum absolute atomic E-state index is 0.0454. The standard InChI is InChI=1S/C35H40F4N2O5/c1-21-31(25-14-22(19-36)15-27(16-25)35(37,38)39)46-33(43)41(21)20-26-18-34(2,3)11-8-28(26)29-17-24(6-7-30(29)44-4)23-9-12-40(13-10-23)32(42)45-5/h6-7,9,14-17,21,31H,8,10-13,18-20H2,1-5H3/t21-,31-/m0/s1. The predicted octanol–water partition coefficient (Wildman–Crippen LogP) is 8.58. The number of nitrogens with zero attached hydrogens (tertiary/aromatic N) is 2. The number of hydrogen-bond donors (Lipinski definition) is 0. The summed E-state index contributed by atoms with van der Waals surface area (Å²) in [5, 5.41) is 0. The third-order valence-electron chi connectivity index (χ3n) is 9.29. The zero-order valence-corrected chi connectivity index (χ0v) is 26.8. The Morgan fingerprint density at radius 2 is 1.87 bits per heavy atom. The third kappa shape index (κ3) is 6.88. The van der Waals surface area contributed by atoms with Crippen LogP contribution in [-0.4, -0.2) is 61.9 Å². The van der Waals surface area contributed by atoms with Gasteiger partial charge in [-0.25, -0.2) is 14.0 Å². The van der Waals surface area contributed by atoms with E-state index in [1.165, 1.54) is 13.2 Å². The molecule has 2 amide bonds. The number of alkyl halides is 4. The Morgan fingerprint density at radius 1 is 1.11 bits per heavy atom. The van der Waals surface area contributed by atoms with Crippen molar-refractivity contribution in [2.24, 2.45) is 5.41 Å². The van der Waals surface area contributed by atoms with E-state index in [1.807, 2.05) is 18.2 Å². The van der Waals surface area contributed by atoms with Crippen molar-refractivity contribution < 1.29 is 41.4 Å². The summed E-state index contributed by atoms with van der Waals surface area (Å²) in [4.78, 5) is 28.4. The van der Waals surface area contributed by atoms with E-state index >= 15 is 0 Å². The SMILES string of the molecule is COC(=O)N1CC=C(c2ccc(OC)c(C3=C(CN4C(=O)O[C@H](c5cc(CF)cc(C(F)(F)F)c5)[C@@H]4C)CC(C)(C)CC3)c2)CC1. The molecule has 0 radical (unpaired) electrons. The molecule has 0 spiro atoms. The lowest BCUT2D eigenvalue weighted by molar-refractivity contribution is -0.137. The molecule has 2 aliphatic heterocycles. The Hall–Kier alpha value is -4.02. The number of cyclic esters (lactones) is 1. The van der Waals surface area contributed by atoms with Gasteiger partial charge < -0.3 is 19.1 Å². The molecule has 7 nitrogen and oxygen atoms in total. The fourth-order valence-electron chi connectivity index (χ4n) is 6.75. The van der Waals surface area contributed by atoms with Gasteiger partial charge in [-0.15, -0.1) is 0 Å². The van der Waals surface area contributed by atoms with Gasteiger partial charge in [0.2, 0.25) is 0 Å². The van der Waals surface area contributed by atoms with Crippen molar-refractivity contribution in [1.82, 2.24) is 9.80 Å². The van der Waals surface area contributed by atoms with E-state index in [-0.39, 0.29) is 29.2 Å². The predicted molar refractivity (Wildman–Crippen MR) is 166 cm³/mol. The zero-order chi connectivity index (χ0) is 33.4. The van der Waals surface area contributed by atoms with E-state index in [2.05, 4.69) is 19.9 Å². The van der Waals surface area contributed by atoms with Crippen molar-refractivity contribution in [1.29, 1.82) is 0 Å². The van der Waals surface area contributed by atoms with Crippen molar-refractivity contribution in [3.63, 3.8) is 0 Å². The monoisotopic (exact) mass is 644 g/mol. The molecule has 0 unspecified atom stereocenters. The van der Waals surface area contributed by atoms with Gasteiger partial charge in [-0.3, -0.25) is 4.90 Å². The highest BCUT2D eigenvalue weighted by molar-refractivity contribution is 5.80. The van der Waals surface area contributed by atoms with Gasteiger partial charge >= 0.3 is 18.4 Å². The smallest absolute Gasteiger partial charge is 0.416 e. The number of allylic oxidation sites excluding steroid dienone is 1. The number of amides is 2. The number of carbonyl (C=O) groups is 2. The van der Waals surface area contributed by atoms with Crippen molar-refractivity contribution in [2.75, 3.05) is 33.9 Å². The van der Waals surface area contributed by atoms with Gasteiger partial charge in [0.15, 0.2) is 0 Å². The van der Waals surface area contributed by atoms with E-state index in [1.54, 1.807) is 23.8 Å². The highest BCUT2D eigenvalue weighted by atomic mass is 19.4. The normalized spacial score (nSPS) is 21.7. The molecule has 0 saturated carbocycles. The Morgan fingerprint density at radius 3 is 2.50 bits per heavy atom. The number of rotatable bonds is 7. The van der Waals surface area contributed by atoms with Crippen molar-refractivity contribution in [3.05, 3.63) is 75.9 Å². The first-order valence-electron chi connectivity index (χ1n) is 15.4. The van der Waals surface area contributed by atoms with Crippen LogP contribution < -0.4 is 4.74 Å². The van der Waals surface area contributed by atoms with Crippen LogP contribution in [0, 0.1) is 5.41 Å². The van der Waals surface area contributed by atoms with Crippen LogP contribution in [0.1, 0.15) is 80.4 Å². The molecule has 5 rings (SSSR count). The molecule has 46 heavy (non-hydrogen) atoms. The van der Waals surface area contributed by atoms with Gasteiger partial charge in [-0.2, -0.15) is 13.2 Å². The second-order valence-corrected chi connectivity index (χ2v) is 13.0. The average Bonchev–Trinajstić information content (AvgIpc) is 3.31. The Labute approximate surface area is 266 Å². The lowest BCUT2D eigenvalue weighted by Gasteiger charge is -2.36. The van der Waals surface area contributed by atoms with E-state index in [4.69, 9.17) is 14.2 Å². The minimum Gasteiger partial charge on any atom is -0.496 e. The molecule has 2 atom stereocenters. The van der Waals surface area contributed by atoms with Crippen LogP contribution in [0.2, 0.25) is 0 Å². The molecule has 0 N–H and O–H groups in total. The van der Waals surface area contributed by atoms with Crippen LogP contribution in [0.15, 0.2) is 48.0 Å². The maximum absolute atomic E-state index is 13.6. The van der Waals surface area contributed by atoms with Gasteiger partial charge in [0.1, 0.15) is 18.5 Å². The van der Waals surface area contributed by atoms with Gasteiger partial charge in [-0.1, -0.05) is 26.0 Å². The molecule has 2 aromatic rings. The molecule has 1 saturated heterocycles. The lowest BCUT2D eigenvalue weighted by Crippen LogP contribution is -2.35. The topological polar surface area (TPSA) is 68.3 Å². The maximum Gasteiger partial charge on any atom is 0.416 e. The number of benzene rings is 2. The number of carbonyl (C=O) groups excluding carboxylic acids is 2. The third-order valence-corrected chi connectivity index (χ3v) is 9.29. The van der Waals surface area contributed by atoms with E-state index < -0.39 is 36.7 Å². The van der Waals surface area contributed by atoms with Crippen molar-refractivity contribution >= 4 is 23.3 Å². The summed E-state index contributed by atoms with van der Waals surface area (Å²) < 4.78 is 70.7. The second kappa shape index (κ2) is 13.0. The largest absolute Gasteiger partial charge is 0.496 e. The molecule has 248 valence electrons. The quantitative estimate of drug-likeness (QED) is 0.283. The molecule has 11 heteroatoms. The van der Waals surface area contributed by atoms with Crippen LogP contribution in [0.5, 0.6) is 5.75 Å². The highest BCUT2D eigenvalue weighted by Gasteiger charge is 2.42. The summed E-state index contributed by atoms with van der Waals surface area (Å²) in [5.74, 6) is 0.696. The molecule has 1 aliphatic carbocycles. The Bertz CT molecular complexity index is 1560. The van der Waals surface area contributed by atoms with Gasteiger partial charge in [0.05, 0.1) is 25.8 Å². The van der Waals surface area contributed by atoms with Gasteiger partial charge in [-0.05, 0) is 102 Å². The molecule has 0 aromatic heterocycles. The van der Waals surface area contributed by atoms with Crippen molar-refractivity contribution in [3.8, 4) is 5.75 Å². The second-order valence-electron chi connectivity index (χ2n) is 13.0. The minimum atomic E-state index is -4.67. The number of ether oxygens (including phenoxy) is 3. The molecule has 2 heterocycles. The fraction of sp³-hybridized carbons (Fsp3) is 0.486. The van der Waals surface area contributed by atoms with E-state index in [0.717, 1.165) is 52.8 Å². The fourth-order valence-corrected chi connectivity index (χ4v) is 6.75. The first kappa shape index (κ1) is 33.3. The number of methoxy groups -OCH3 is 2. The van der Waals surface area contributed by atoms with Gasteiger partial charge in [0.25, 0.3) is 0 Å². The summed E-state index contributed by atoms with van der Waals surface area (Å²) >= 11 is 0. The highest BCUT2D eigenvalue weighted by Crippen LogP contribution is 2.46. The molecule has 0 bridgehead atoms. The van der Waals surface area contributed by atoms with Crippen LogP contribution in [0.25, 0.3) is 11.1 Å². The summed E-state index contributed by atoms with van der Waals surface area (Å²) in [7, 11) is 2.98. The molecule has 3 aliphatic rings. The summed E-state index contributed by atoms with van der Waals surface area (Å²) in [6.07, 6.45) is -1.60. The molecular formula is C35H40F4N2O5. The first-order chi connectivity index (χ1) is 21.7. The molecule has 1 fully saturated rings. The van der Waals surface area contributed by atoms with E-state index in [0.29, 0.717) is 31.7 Å². The number of halogens is 4. The van der Waals surface area contributed by atoms with Crippen LogP contribution in [0.4, 0.5) is 27.2 Å². The lowest BCUT2D eigenvalue weighted by atomic mass is 9.72. The van der Waals surface area contributed by atoms with Crippen LogP contribution in [-0.2, 0) is 22.3 Å². The van der Waals surface area contributed by atoms with Crippen LogP contribution >= 0.6 is 0 Å². The summed E-state index contributed by atoms with van der Waals surface area (Å²) in [5.41, 5.74) is 4.10. The van der Waals surface area contributed by atoms with Gasteiger partial charge in [0, 0.05) is 25.2 Å². The number of hydrogen-bond acceptors (Lipinski definition) is 5. The van der Waals surface area contributed by atoms with E-state index in [9.17, 15) is 27.2 Å². The zero-order valence-electron chi connectivity index (χ0n) is 26.8.